The van der Waals surface area contributed by atoms with Gasteiger partial charge in [0.15, 0.2) is 12.6 Å². The van der Waals surface area contributed by atoms with Crippen LogP contribution in [0.15, 0.2) is 0 Å². The molecule has 0 amide bonds. The minimum absolute atomic E-state index is 0.495. The highest BCUT2D eigenvalue weighted by molar-refractivity contribution is 4.96. The largest absolute Gasteiger partial charge is 0.394 e. The molecule has 0 aromatic carbocycles. The van der Waals surface area contributed by atoms with E-state index in [2.05, 4.69) is 0 Å². The number of ether oxygens (including phenoxy) is 4. The van der Waals surface area contributed by atoms with Crippen LogP contribution in [0.5, 0.6) is 0 Å². The number of hydrogen-bond donors (Lipinski definition) is 7. The van der Waals surface area contributed by atoms with E-state index in [0.717, 1.165) is 0 Å². The molecule has 11 nitrogen and oxygen atoms in total. The number of nitrogens with two attached hydrogens (primary N) is 2. The summed E-state index contributed by atoms with van der Waals surface area (Å²) in [5, 5.41) is 48.7. The van der Waals surface area contributed by atoms with Gasteiger partial charge in [0.05, 0.1) is 25.3 Å². The lowest BCUT2D eigenvalue weighted by atomic mass is 9.95. The molecule has 2 rings (SSSR count). The van der Waals surface area contributed by atoms with Crippen LogP contribution in [-0.4, -0.2) is 107 Å². The zero-order chi connectivity index (χ0) is 18.0. The number of hydrogen-bond acceptors (Lipinski definition) is 11. The molecule has 142 valence electrons. The van der Waals surface area contributed by atoms with Crippen LogP contribution in [-0.2, 0) is 18.9 Å². The highest BCUT2D eigenvalue weighted by Crippen LogP contribution is 2.28. The summed E-state index contributed by atoms with van der Waals surface area (Å²) in [4.78, 5) is 0. The molecule has 0 aromatic heterocycles. The van der Waals surface area contributed by atoms with Gasteiger partial charge in [-0.25, -0.2) is 0 Å². The Morgan fingerprint density at radius 2 is 1.38 bits per heavy atom. The summed E-state index contributed by atoms with van der Waals surface area (Å²) in [5.74, 6) is 0. The van der Waals surface area contributed by atoms with Crippen molar-refractivity contribution in [2.24, 2.45) is 11.5 Å². The van der Waals surface area contributed by atoms with Crippen molar-refractivity contribution < 1.29 is 44.5 Å². The highest BCUT2D eigenvalue weighted by Gasteiger charge is 2.49. The minimum Gasteiger partial charge on any atom is -0.394 e. The maximum atomic E-state index is 10.3. The van der Waals surface area contributed by atoms with Crippen molar-refractivity contribution in [1.29, 1.82) is 0 Å². The predicted octanol–water partition coefficient (Wildman–Crippen LogP) is -4.81. The molecule has 0 bridgehead atoms. The van der Waals surface area contributed by atoms with Crippen molar-refractivity contribution >= 4 is 0 Å². The van der Waals surface area contributed by atoms with Gasteiger partial charge in [-0.3, -0.25) is 0 Å². The maximum absolute atomic E-state index is 10.3. The molecule has 2 heterocycles. The van der Waals surface area contributed by atoms with E-state index in [1.807, 2.05) is 0 Å². The van der Waals surface area contributed by atoms with Crippen LogP contribution in [0.1, 0.15) is 0 Å². The molecule has 0 radical (unpaired) electrons. The molecule has 24 heavy (non-hydrogen) atoms. The normalized spacial score (nSPS) is 50.0. The standard InChI is InChI=1S/C13H26N2O9/c1-21-12-7(15)10(20)11(5(3-17)23-12)24-13-6(14)9(19)8(18)4(2-16)22-13/h4-13,16-20H,2-3,14-15H2,1H3/t4?,5?,6-,7+,8?,9+,10+,11?,12-,13?/m0/s1. The van der Waals surface area contributed by atoms with E-state index in [0.29, 0.717) is 0 Å². The lowest BCUT2D eigenvalue weighted by molar-refractivity contribution is -0.326. The summed E-state index contributed by atoms with van der Waals surface area (Å²) < 4.78 is 21.3. The zero-order valence-corrected chi connectivity index (χ0v) is 13.2. The SMILES string of the molecule is CO[C@H]1OC(CO)C(OC2OC(CO)C(O)[C@H](O)[C@@H]2N)[C@H](O)[C@H]1N. The predicted molar refractivity (Wildman–Crippen MR) is 77.3 cm³/mol. The van der Waals surface area contributed by atoms with Crippen LogP contribution in [0.4, 0.5) is 0 Å². The van der Waals surface area contributed by atoms with Crippen LogP contribution in [0.2, 0.25) is 0 Å². The molecule has 2 aliphatic heterocycles. The van der Waals surface area contributed by atoms with Gasteiger partial charge in [-0.15, -0.1) is 0 Å². The van der Waals surface area contributed by atoms with Gasteiger partial charge >= 0.3 is 0 Å². The van der Waals surface area contributed by atoms with Gasteiger partial charge in [-0.05, 0) is 0 Å². The van der Waals surface area contributed by atoms with Crippen molar-refractivity contribution in [2.45, 2.75) is 61.3 Å². The topological polar surface area (TPSA) is 190 Å². The van der Waals surface area contributed by atoms with E-state index in [-0.39, 0.29) is 0 Å². The lowest BCUT2D eigenvalue weighted by Crippen LogP contribution is -2.67. The monoisotopic (exact) mass is 354 g/mol. The molecule has 0 aliphatic carbocycles. The fourth-order valence-electron chi connectivity index (χ4n) is 2.85. The fourth-order valence-corrected chi connectivity index (χ4v) is 2.85. The zero-order valence-electron chi connectivity index (χ0n) is 13.2. The summed E-state index contributed by atoms with van der Waals surface area (Å²) >= 11 is 0. The Balaban J connectivity index is 2.12. The molecule has 0 saturated carbocycles. The van der Waals surface area contributed by atoms with E-state index in [4.69, 9.17) is 30.4 Å². The Labute approximate surface area is 138 Å². The molecular formula is C13H26N2O9. The molecule has 0 spiro atoms. The van der Waals surface area contributed by atoms with Gasteiger partial charge in [0, 0.05) is 7.11 Å². The summed E-state index contributed by atoms with van der Waals surface area (Å²) in [6.07, 6.45) is -9.46. The second-order valence-corrected chi connectivity index (χ2v) is 5.91. The number of aliphatic hydroxyl groups excluding tert-OH is 5. The summed E-state index contributed by atoms with van der Waals surface area (Å²) in [6, 6.07) is -2.10. The van der Waals surface area contributed by atoms with Gasteiger partial charge in [0.2, 0.25) is 0 Å². The van der Waals surface area contributed by atoms with E-state index in [1.165, 1.54) is 7.11 Å². The van der Waals surface area contributed by atoms with Gasteiger partial charge in [-0.2, -0.15) is 0 Å². The quantitative estimate of drug-likeness (QED) is 0.251. The molecule has 2 fully saturated rings. The van der Waals surface area contributed by atoms with Crippen molar-refractivity contribution in [3.8, 4) is 0 Å². The third-order valence-corrected chi connectivity index (χ3v) is 4.35. The molecule has 11 heteroatoms. The summed E-state index contributed by atoms with van der Waals surface area (Å²) in [7, 11) is 1.34. The first-order valence-corrected chi connectivity index (χ1v) is 7.62. The van der Waals surface area contributed by atoms with E-state index < -0.39 is 74.5 Å². The molecule has 9 N–H and O–H groups in total. The molecular weight excluding hydrogens is 328 g/mol. The first-order chi connectivity index (χ1) is 11.3. The first-order valence-electron chi connectivity index (χ1n) is 7.62. The Hall–Kier alpha value is -0.440. The van der Waals surface area contributed by atoms with Crippen molar-refractivity contribution in [3.05, 3.63) is 0 Å². The molecule has 10 atom stereocenters. The van der Waals surface area contributed by atoms with Gasteiger partial charge in [0.1, 0.15) is 36.6 Å². The van der Waals surface area contributed by atoms with Gasteiger partial charge in [0.25, 0.3) is 0 Å². The second-order valence-electron chi connectivity index (χ2n) is 5.91. The van der Waals surface area contributed by atoms with Crippen LogP contribution in [0.25, 0.3) is 0 Å². The van der Waals surface area contributed by atoms with Crippen LogP contribution in [0.3, 0.4) is 0 Å². The van der Waals surface area contributed by atoms with Crippen molar-refractivity contribution in [3.63, 3.8) is 0 Å². The Kier molecular flexibility index (Phi) is 6.87. The van der Waals surface area contributed by atoms with Gasteiger partial charge < -0.3 is 55.9 Å². The fraction of sp³-hybridized carbons (Fsp3) is 1.00. The summed E-state index contributed by atoms with van der Waals surface area (Å²) in [6.45, 7) is -1.06. The number of aliphatic hydroxyl groups is 5. The van der Waals surface area contributed by atoms with Crippen LogP contribution in [0, 0.1) is 0 Å². The maximum Gasteiger partial charge on any atom is 0.176 e. The van der Waals surface area contributed by atoms with Crippen molar-refractivity contribution in [2.75, 3.05) is 20.3 Å². The average molecular weight is 354 g/mol. The lowest BCUT2D eigenvalue weighted by Gasteiger charge is -2.46. The third kappa shape index (κ3) is 3.71. The molecule has 0 aromatic rings. The van der Waals surface area contributed by atoms with E-state index >= 15 is 0 Å². The number of rotatable bonds is 5. The molecule has 2 aliphatic rings. The highest BCUT2D eigenvalue weighted by atomic mass is 16.7. The Morgan fingerprint density at radius 3 is 1.92 bits per heavy atom. The van der Waals surface area contributed by atoms with Gasteiger partial charge in [-0.1, -0.05) is 0 Å². The number of methoxy groups -OCH3 is 1. The molecule has 2 saturated heterocycles. The second kappa shape index (κ2) is 8.29. The molecule has 5 unspecified atom stereocenters. The first kappa shape index (κ1) is 19.9. The van der Waals surface area contributed by atoms with Crippen molar-refractivity contribution in [1.82, 2.24) is 0 Å². The van der Waals surface area contributed by atoms with E-state index in [1.54, 1.807) is 0 Å². The summed E-state index contributed by atoms with van der Waals surface area (Å²) in [5.41, 5.74) is 11.6. The van der Waals surface area contributed by atoms with Crippen LogP contribution < -0.4 is 11.5 Å². The smallest absolute Gasteiger partial charge is 0.176 e. The Morgan fingerprint density at radius 1 is 0.833 bits per heavy atom. The average Bonchev–Trinajstić information content (AvgIpc) is 2.59. The minimum atomic E-state index is -1.41. The van der Waals surface area contributed by atoms with E-state index in [9.17, 15) is 25.5 Å². The Bertz CT molecular complexity index is 400. The van der Waals surface area contributed by atoms with Crippen LogP contribution >= 0.6 is 0 Å². The third-order valence-electron chi connectivity index (χ3n) is 4.35.